The molecule has 0 unspecified atom stereocenters. The Morgan fingerprint density at radius 2 is 2.03 bits per heavy atom. The van der Waals surface area contributed by atoms with Crippen LogP contribution in [0.25, 0.3) is 5.57 Å². The van der Waals surface area contributed by atoms with Crippen molar-refractivity contribution in [3.63, 3.8) is 0 Å². The average Bonchev–Trinajstić information content (AvgIpc) is 3.24. The van der Waals surface area contributed by atoms with Gasteiger partial charge in [0, 0.05) is 23.4 Å². The van der Waals surface area contributed by atoms with Crippen LogP contribution < -0.4 is 15.9 Å². The highest BCUT2D eigenvalue weighted by molar-refractivity contribution is 6.08. The van der Waals surface area contributed by atoms with Crippen molar-refractivity contribution in [1.29, 1.82) is 0 Å². The van der Waals surface area contributed by atoms with E-state index in [1.807, 2.05) is 45.9 Å². The molecular weight excluding hydrogens is 462 g/mol. The van der Waals surface area contributed by atoms with Gasteiger partial charge in [0.25, 0.3) is 5.88 Å². The number of rotatable bonds is 2. The maximum Gasteiger partial charge on any atom is 0.407 e. The van der Waals surface area contributed by atoms with Crippen LogP contribution in [0.2, 0.25) is 0 Å². The van der Waals surface area contributed by atoms with Crippen molar-refractivity contribution in [3.8, 4) is 0 Å². The molecule has 36 heavy (non-hydrogen) atoms. The minimum absolute atomic E-state index is 0.0262. The van der Waals surface area contributed by atoms with Crippen LogP contribution >= 0.6 is 0 Å². The molecule has 1 saturated carbocycles. The van der Waals surface area contributed by atoms with Crippen molar-refractivity contribution in [2.45, 2.75) is 64.6 Å². The molecule has 5 rings (SSSR count). The van der Waals surface area contributed by atoms with Gasteiger partial charge in [-0.15, -0.1) is 0 Å². The number of ether oxygens (including phenoxy) is 3. The molecular formula is C26H31N5O5. The van der Waals surface area contributed by atoms with E-state index in [2.05, 4.69) is 15.3 Å². The fourth-order valence-corrected chi connectivity index (χ4v) is 4.62. The largest absolute Gasteiger partial charge is 0.484 e. The summed E-state index contributed by atoms with van der Waals surface area (Å²) in [5.41, 5.74) is 2.03. The summed E-state index contributed by atoms with van der Waals surface area (Å²) in [7, 11) is 0. The molecule has 190 valence electrons. The minimum Gasteiger partial charge on any atom is -0.484 e. The van der Waals surface area contributed by atoms with Gasteiger partial charge in [0.05, 0.1) is 17.1 Å². The first-order valence-corrected chi connectivity index (χ1v) is 12.2. The zero-order valence-corrected chi connectivity index (χ0v) is 20.9. The molecule has 0 saturated heterocycles. The summed E-state index contributed by atoms with van der Waals surface area (Å²) in [5.74, 6) is 1.24. The molecule has 2 atom stereocenters. The molecule has 3 aliphatic heterocycles. The van der Waals surface area contributed by atoms with Gasteiger partial charge in [0.1, 0.15) is 18.8 Å². The van der Waals surface area contributed by atoms with Crippen LogP contribution in [-0.2, 0) is 14.2 Å². The predicted molar refractivity (Wildman–Crippen MR) is 133 cm³/mol. The molecule has 1 aromatic carbocycles. The molecule has 3 heterocycles. The molecule has 0 spiro atoms. The number of nitrogens with one attached hydrogen (secondary N) is 1. The Morgan fingerprint density at radius 3 is 2.83 bits per heavy atom. The third-order valence-corrected chi connectivity index (χ3v) is 6.21. The molecule has 0 bridgehead atoms. The average molecular weight is 494 g/mol. The zero-order chi connectivity index (χ0) is 25.4. The van der Waals surface area contributed by atoms with E-state index in [0.717, 1.165) is 51.7 Å². The van der Waals surface area contributed by atoms with Crippen LogP contribution in [0.3, 0.4) is 0 Å². The highest BCUT2D eigenvalue weighted by atomic mass is 16.6. The Labute approximate surface area is 209 Å². The number of nitrogens with zero attached hydrogens (tertiary/aromatic N) is 4. The van der Waals surface area contributed by atoms with Gasteiger partial charge < -0.3 is 19.5 Å². The number of fused-ring (bicyclic) bond motifs is 1. The number of carbonyl (C=O) groups excluding carboxylic acids is 1. The van der Waals surface area contributed by atoms with E-state index in [-0.39, 0.29) is 18.0 Å². The summed E-state index contributed by atoms with van der Waals surface area (Å²) in [5, 5.41) is 15.6. The van der Waals surface area contributed by atoms with E-state index in [1.54, 1.807) is 6.08 Å². The van der Waals surface area contributed by atoms with E-state index >= 15 is 0 Å². The lowest BCUT2D eigenvalue weighted by molar-refractivity contribution is -0.0927. The highest BCUT2D eigenvalue weighted by Gasteiger charge is 2.29. The smallest absolute Gasteiger partial charge is 0.407 e. The number of carbonyl (C=O) groups is 1. The first-order chi connectivity index (χ1) is 17.2. The van der Waals surface area contributed by atoms with Crippen molar-refractivity contribution >= 4 is 23.3 Å². The van der Waals surface area contributed by atoms with Crippen LogP contribution in [0, 0.1) is 0 Å². The molecule has 1 amide bonds. The van der Waals surface area contributed by atoms with E-state index in [9.17, 15) is 10.0 Å². The van der Waals surface area contributed by atoms with Crippen molar-refractivity contribution in [3.05, 3.63) is 58.3 Å². The van der Waals surface area contributed by atoms with E-state index < -0.39 is 11.7 Å². The number of hydrogen-bond acceptors (Lipinski definition) is 7. The Bertz CT molecular complexity index is 1320. The molecule has 4 aliphatic rings. The van der Waals surface area contributed by atoms with Gasteiger partial charge in [0.15, 0.2) is 5.76 Å². The topological polar surface area (TPSA) is 117 Å². The van der Waals surface area contributed by atoms with Crippen molar-refractivity contribution < 1.29 is 24.2 Å². The van der Waals surface area contributed by atoms with Crippen LogP contribution in [0.4, 0.5) is 4.79 Å². The van der Waals surface area contributed by atoms with E-state index in [1.165, 1.54) is 6.20 Å². The standard InChI is InChI=1S/C26H31N5O5/c1-15-20-13-16(19-9-10-31(33)23-22(19)34-11-12-35-23)5-8-21(20)30-24(27-15)28-17-6-7-18(14-17)29-25(32)36-26(2,3)4/h5,8-10,13,17-18,33H,6-7,11-12,14H2,1-4H3,(H,29,32)/b19-16+,28-24?/t17-,18+/m1/s1. The molecule has 10 heteroatoms. The zero-order valence-electron chi connectivity index (χ0n) is 20.9. The maximum absolute atomic E-state index is 12.1. The molecule has 1 aliphatic carbocycles. The fourth-order valence-electron chi connectivity index (χ4n) is 4.62. The number of hydroxylamine groups is 2. The van der Waals surface area contributed by atoms with Gasteiger partial charge in [-0.3, -0.25) is 5.21 Å². The molecule has 0 radical (unpaired) electrons. The lowest BCUT2D eigenvalue weighted by Crippen LogP contribution is -2.38. The van der Waals surface area contributed by atoms with Crippen LogP contribution in [0.1, 0.15) is 52.5 Å². The number of alkyl carbamates (subject to hydrolysis) is 1. The summed E-state index contributed by atoms with van der Waals surface area (Å²) >= 11 is 0. The minimum atomic E-state index is -0.524. The lowest BCUT2D eigenvalue weighted by atomic mass is 10.0. The monoisotopic (exact) mass is 493 g/mol. The van der Waals surface area contributed by atoms with Crippen molar-refractivity contribution in [2.24, 2.45) is 15.0 Å². The van der Waals surface area contributed by atoms with Crippen molar-refractivity contribution in [2.75, 3.05) is 13.2 Å². The molecule has 0 aromatic heterocycles. The number of hydrogen-bond donors (Lipinski definition) is 2. The SMILES string of the molecule is CC1=NC(=N[C@@H]2CC[C@H](NC(=O)OC(C)(C)C)C2)N=c2cc/c(=C3/C=CN(O)C4=C3OCCO4)cc21. The molecule has 2 N–H and O–H groups in total. The van der Waals surface area contributed by atoms with Gasteiger partial charge in [-0.05, 0) is 70.4 Å². The Morgan fingerprint density at radius 1 is 1.22 bits per heavy atom. The first kappa shape index (κ1) is 24.1. The second kappa shape index (κ2) is 9.42. The maximum atomic E-state index is 12.1. The number of benzene rings is 1. The van der Waals surface area contributed by atoms with Crippen LogP contribution in [-0.4, -0.2) is 58.9 Å². The quantitative estimate of drug-likeness (QED) is 0.654. The lowest BCUT2D eigenvalue weighted by Gasteiger charge is -2.28. The Kier molecular flexibility index (Phi) is 6.29. The number of allylic oxidation sites excluding steroid dienone is 1. The molecule has 10 nitrogen and oxygen atoms in total. The first-order valence-electron chi connectivity index (χ1n) is 12.2. The summed E-state index contributed by atoms with van der Waals surface area (Å²) in [6.45, 7) is 8.28. The summed E-state index contributed by atoms with van der Waals surface area (Å²) < 4.78 is 16.7. The number of amides is 1. The van der Waals surface area contributed by atoms with Gasteiger partial charge in [-0.2, -0.15) is 5.06 Å². The number of guanidine groups is 1. The van der Waals surface area contributed by atoms with Crippen LogP contribution in [0.15, 0.2) is 57.1 Å². The predicted octanol–water partition coefficient (Wildman–Crippen LogP) is 2.52. The van der Waals surface area contributed by atoms with Gasteiger partial charge in [-0.25, -0.2) is 19.8 Å². The normalized spacial score (nSPS) is 25.9. The number of aliphatic imine (C=N–C) groups is 2. The Hall–Kier alpha value is -3.66. The second-order valence-corrected chi connectivity index (χ2v) is 10.2. The summed E-state index contributed by atoms with van der Waals surface area (Å²) in [4.78, 5) is 26.2. The third kappa shape index (κ3) is 5.13. The van der Waals surface area contributed by atoms with Crippen molar-refractivity contribution in [1.82, 2.24) is 10.4 Å². The van der Waals surface area contributed by atoms with Crippen LogP contribution in [0.5, 0.6) is 0 Å². The second-order valence-electron chi connectivity index (χ2n) is 10.2. The van der Waals surface area contributed by atoms with E-state index in [0.29, 0.717) is 24.9 Å². The fraction of sp³-hybridized carbons (Fsp3) is 0.462. The molecule has 1 fully saturated rings. The molecule has 1 aromatic rings. The van der Waals surface area contributed by atoms with Gasteiger partial charge in [0.2, 0.25) is 5.96 Å². The Balaban J connectivity index is 1.36. The van der Waals surface area contributed by atoms with E-state index in [4.69, 9.17) is 19.2 Å². The summed E-state index contributed by atoms with van der Waals surface area (Å²) in [6, 6.07) is 5.98. The third-order valence-electron chi connectivity index (χ3n) is 6.21. The van der Waals surface area contributed by atoms with Gasteiger partial charge in [-0.1, -0.05) is 6.07 Å². The highest BCUT2D eigenvalue weighted by Crippen LogP contribution is 2.28. The van der Waals surface area contributed by atoms with Gasteiger partial charge >= 0.3 is 6.09 Å². The summed E-state index contributed by atoms with van der Waals surface area (Å²) in [6.07, 6.45) is 5.34.